The van der Waals surface area contributed by atoms with Gasteiger partial charge in [-0.25, -0.2) is 15.8 Å². The Morgan fingerprint density at radius 1 is 1.41 bits per heavy atom. The van der Waals surface area contributed by atoms with Crippen molar-refractivity contribution in [3.8, 4) is 0 Å². The van der Waals surface area contributed by atoms with Gasteiger partial charge in [0.25, 0.3) is 0 Å². The normalized spacial score (nSPS) is 11.7. The van der Waals surface area contributed by atoms with Crippen molar-refractivity contribution in [2.75, 3.05) is 16.9 Å². The minimum absolute atomic E-state index is 0.181. The fourth-order valence-electron chi connectivity index (χ4n) is 1.30. The Bertz CT molecular complexity index is 366. The Labute approximate surface area is 96.8 Å². The fourth-order valence-corrected chi connectivity index (χ4v) is 1.30. The molecule has 0 aliphatic carbocycles. The zero-order valence-electron chi connectivity index (χ0n) is 9.49. The first-order chi connectivity index (χ1) is 7.83. The van der Waals surface area contributed by atoms with Gasteiger partial charge in [-0.15, -0.1) is 0 Å². The maximum atomic E-state index is 12.4. The standard InChI is InChI=1S/C9H14F3N5/c1-6(2)17(4-9(10,11)12)8-3-7(16-13)14-5-15-8/h3,5-6H,4,13H2,1-2H3,(H,14,15,16). The molecular formula is C9H14F3N5. The van der Waals surface area contributed by atoms with Crippen LogP contribution in [0.4, 0.5) is 24.8 Å². The van der Waals surface area contributed by atoms with E-state index in [1.165, 1.54) is 6.07 Å². The van der Waals surface area contributed by atoms with Gasteiger partial charge < -0.3 is 10.3 Å². The highest BCUT2D eigenvalue weighted by atomic mass is 19.4. The molecular weight excluding hydrogens is 235 g/mol. The molecule has 8 heteroatoms. The molecule has 0 aliphatic heterocycles. The summed E-state index contributed by atoms with van der Waals surface area (Å²) in [6, 6.07) is 1.03. The van der Waals surface area contributed by atoms with Crippen molar-refractivity contribution in [3.63, 3.8) is 0 Å². The Kier molecular flexibility index (Phi) is 4.11. The second-order valence-corrected chi connectivity index (χ2v) is 3.74. The van der Waals surface area contributed by atoms with Crippen molar-refractivity contribution < 1.29 is 13.2 Å². The van der Waals surface area contributed by atoms with Gasteiger partial charge in [-0.2, -0.15) is 13.2 Å². The van der Waals surface area contributed by atoms with Crippen LogP contribution in [0.3, 0.4) is 0 Å². The molecule has 0 aromatic carbocycles. The SMILES string of the molecule is CC(C)N(CC(F)(F)F)c1cc(NN)ncn1. The highest BCUT2D eigenvalue weighted by Crippen LogP contribution is 2.23. The average molecular weight is 249 g/mol. The lowest BCUT2D eigenvalue weighted by Gasteiger charge is -2.28. The van der Waals surface area contributed by atoms with E-state index in [1.54, 1.807) is 13.8 Å². The summed E-state index contributed by atoms with van der Waals surface area (Å²) in [6.45, 7) is 2.25. The van der Waals surface area contributed by atoms with Gasteiger partial charge in [0, 0.05) is 12.1 Å². The Balaban J connectivity index is 2.97. The van der Waals surface area contributed by atoms with Gasteiger partial charge in [0.05, 0.1) is 0 Å². The van der Waals surface area contributed by atoms with E-state index in [4.69, 9.17) is 5.84 Å². The van der Waals surface area contributed by atoms with Gasteiger partial charge in [-0.3, -0.25) is 0 Å². The van der Waals surface area contributed by atoms with Crippen LogP contribution in [-0.2, 0) is 0 Å². The Hall–Kier alpha value is -1.57. The van der Waals surface area contributed by atoms with Gasteiger partial charge in [-0.05, 0) is 13.8 Å². The van der Waals surface area contributed by atoms with E-state index in [0.717, 1.165) is 11.2 Å². The molecule has 0 unspecified atom stereocenters. The minimum Gasteiger partial charge on any atom is -0.345 e. The van der Waals surface area contributed by atoms with Gasteiger partial charge >= 0.3 is 6.18 Å². The number of nitrogens with two attached hydrogens (primary N) is 1. The van der Waals surface area contributed by atoms with Crippen LogP contribution < -0.4 is 16.2 Å². The zero-order valence-corrected chi connectivity index (χ0v) is 9.49. The van der Waals surface area contributed by atoms with E-state index in [2.05, 4.69) is 15.4 Å². The number of nitrogen functional groups attached to an aromatic ring is 1. The number of aromatic nitrogens is 2. The Morgan fingerprint density at radius 2 is 2.06 bits per heavy atom. The van der Waals surface area contributed by atoms with Crippen LogP contribution in [0.15, 0.2) is 12.4 Å². The summed E-state index contributed by atoms with van der Waals surface area (Å²) >= 11 is 0. The van der Waals surface area contributed by atoms with Gasteiger partial charge in [0.2, 0.25) is 0 Å². The van der Waals surface area contributed by atoms with Gasteiger partial charge in [-0.1, -0.05) is 0 Å². The van der Waals surface area contributed by atoms with Crippen molar-refractivity contribution in [1.29, 1.82) is 0 Å². The van der Waals surface area contributed by atoms with Crippen LogP contribution in [0, 0.1) is 0 Å². The third-order valence-electron chi connectivity index (χ3n) is 2.07. The number of hydrazine groups is 1. The van der Waals surface area contributed by atoms with Crippen LogP contribution in [-0.4, -0.2) is 28.7 Å². The molecule has 0 atom stereocenters. The number of halogens is 3. The quantitative estimate of drug-likeness (QED) is 0.626. The predicted octanol–water partition coefficient (Wildman–Crippen LogP) is 1.54. The highest BCUT2D eigenvalue weighted by molar-refractivity contribution is 5.48. The minimum atomic E-state index is -4.29. The maximum absolute atomic E-state index is 12.4. The van der Waals surface area contributed by atoms with Crippen molar-refractivity contribution in [1.82, 2.24) is 9.97 Å². The summed E-state index contributed by atoms with van der Waals surface area (Å²) in [7, 11) is 0. The molecule has 0 spiro atoms. The van der Waals surface area contributed by atoms with E-state index >= 15 is 0 Å². The van der Waals surface area contributed by atoms with Crippen molar-refractivity contribution in [2.24, 2.45) is 5.84 Å². The first-order valence-electron chi connectivity index (χ1n) is 4.95. The molecule has 0 aliphatic rings. The molecule has 96 valence electrons. The summed E-state index contributed by atoms with van der Waals surface area (Å²) in [5.74, 6) is 5.59. The van der Waals surface area contributed by atoms with E-state index in [1.807, 2.05) is 0 Å². The lowest BCUT2D eigenvalue weighted by Crippen LogP contribution is -2.39. The van der Waals surface area contributed by atoms with Crippen molar-refractivity contribution in [3.05, 3.63) is 12.4 Å². The van der Waals surface area contributed by atoms with Gasteiger partial charge in [0.15, 0.2) is 0 Å². The number of nitrogens with zero attached hydrogens (tertiary/aromatic N) is 3. The lowest BCUT2D eigenvalue weighted by atomic mass is 10.3. The van der Waals surface area contributed by atoms with Crippen LogP contribution in [0.1, 0.15) is 13.8 Å². The monoisotopic (exact) mass is 249 g/mol. The molecule has 1 heterocycles. The molecule has 5 nitrogen and oxygen atoms in total. The molecule has 1 rings (SSSR count). The Morgan fingerprint density at radius 3 is 2.53 bits per heavy atom. The van der Waals surface area contributed by atoms with E-state index < -0.39 is 12.7 Å². The van der Waals surface area contributed by atoms with Crippen LogP contribution in [0.25, 0.3) is 0 Å². The summed E-state index contributed by atoms with van der Waals surface area (Å²) in [5, 5.41) is 0. The second-order valence-electron chi connectivity index (χ2n) is 3.74. The molecule has 17 heavy (non-hydrogen) atoms. The smallest absolute Gasteiger partial charge is 0.345 e. The highest BCUT2D eigenvalue weighted by Gasteiger charge is 2.32. The molecule has 1 aromatic heterocycles. The number of anilines is 2. The predicted molar refractivity (Wildman–Crippen MR) is 58.4 cm³/mol. The zero-order chi connectivity index (χ0) is 13.1. The third kappa shape index (κ3) is 4.06. The number of hydrogen-bond acceptors (Lipinski definition) is 5. The average Bonchev–Trinajstić information content (AvgIpc) is 2.24. The number of hydrogen-bond donors (Lipinski definition) is 2. The summed E-state index contributed by atoms with van der Waals surface area (Å²) in [6.07, 6.45) is -3.12. The van der Waals surface area contributed by atoms with Crippen LogP contribution in [0.5, 0.6) is 0 Å². The summed E-state index contributed by atoms with van der Waals surface area (Å²) in [5.41, 5.74) is 2.26. The van der Waals surface area contributed by atoms with E-state index in [9.17, 15) is 13.2 Å². The van der Waals surface area contributed by atoms with E-state index in [-0.39, 0.29) is 17.7 Å². The molecule has 0 radical (unpaired) electrons. The molecule has 0 fully saturated rings. The maximum Gasteiger partial charge on any atom is 0.405 e. The van der Waals surface area contributed by atoms with E-state index in [0.29, 0.717) is 0 Å². The number of nitrogens with one attached hydrogen (secondary N) is 1. The molecule has 0 amide bonds. The molecule has 1 aromatic rings. The number of alkyl halides is 3. The third-order valence-corrected chi connectivity index (χ3v) is 2.07. The largest absolute Gasteiger partial charge is 0.405 e. The fraction of sp³-hybridized carbons (Fsp3) is 0.556. The summed E-state index contributed by atoms with van der Waals surface area (Å²) < 4.78 is 37.2. The molecule has 0 saturated carbocycles. The van der Waals surface area contributed by atoms with Crippen LogP contribution >= 0.6 is 0 Å². The molecule has 0 bridgehead atoms. The van der Waals surface area contributed by atoms with Crippen LogP contribution in [0.2, 0.25) is 0 Å². The second kappa shape index (κ2) is 5.17. The van der Waals surface area contributed by atoms with Crippen molar-refractivity contribution >= 4 is 11.6 Å². The topological polar surface area (TPSA) is 67.1 Å². The first kappa shape index (κ1) is 13.5. The van der Waals surface area contributed by atoms with Crippen molar-refractivity contribution in [2.45, 2.75) is 26.1 Å². The molecule has 0 saturated heterocycles. The molecule has 3 N–H and O–H groups in total. The summed E-state index contributed by atoms with van der Waals surface area (Å²) in [4.78, 5) is 8.68. The first-order valence-corrected chi connectivity index (χ1v) is 4.95. The van der Waals surface area contributed by atoms with Gasteiger partial charge in [0.1, 0.15) is 24.5 Å². The number of rotatable bonds is 4. The lowest BCUT2D eigenvalue weighted by molar-refractivity contribution is -0.120.